The second-order valence-corrected chi connectivity index (χ2v) is 6.31. The summed E-state index contributed by atoms with van der Waals surface area (Å²) < 4.78 is 0. The van der Waals surface area contributed by atoms with Gasteiger partial charge in [0.2, 0.25) is 0 Å². The minimum Gasteiger partial charge on any atom is -0.478 e. The Hall–Kier alpha value is -3.19. The zero-order chi connectivity index (χ0) is 19.1. The van der Waals surface area contributed by atoms with Crippen molar-refractivity contribution in [2.75, 3.05) is 0 Å². The van der Waals surface area contributed by atoms with Gasteiger partial charge in [0, 0.05) is 18.0 Å². The second-order valence-electron chi connectivity index (χ2n) is 6.31. The predicted octanol–water partition coefficient (Wildman–Crippen LogP) is 4.98. The van der Waals surface area contributed by atoms with Crippen LogP contribution in [0.4, 0.5) is 0 Å². The van der Waals surface area contributed by atoms with E-state index in [1.165, 1.54) is 11.8 Å². The molecule has 2 rings (SSSR count). The fourth-order valence-corrected chi connectivity index (χ4v) is 2.71. The van der Waals surface area contributed by atoms with E-state index in [1.54, 1.807) is 18.3 Å². The van der Waals surface area contributed by atoms with E-state index in [9.17, 15) is 4.79 Å². The van der Waals surface area contributed by atoms with Gasteiger partial charge in [0.05, 0.1) is 11.6 Å². The van der Waals surface area contributed by atoms with Crippen LogP contribution in [0.2, 0.25) is 0 Å². The standard InChI is InChI=1S/C22H22N2O2/c1-4-16(3)21-8-6-17(10-19(21)7-5-15(2)12-23)9-18-11-20(22(25)26)14-24-13-18/h5-8,10-11,13-14,16H,2,4,9H2,1,3H3,(H,25,26). The van der Waals surface area contributed by atoms with Gasteiger partial charge in [-0.3, -0.25) is 4.98 Å². The van der Waals surface area contributed by atoms with Crippen molar-refractivity contribution >= 4 is 12.0 Å². The molecule has 0 spiro atoms. The summed E-state index contributed by atoms with van der Waals surface area (Å²) in [7, 11) is 0. The van der Waals surface area contributed by atoms with E-state index in [0.717, 1.165) is 23.1 Å². The van der Waals surface area contributed by atoms with Crippen LogP contribution < -0.4 is 0 Å². The van der Waals surface area contributed by atoms with Gasteiger partial charge in [-0.15, -0.1) is 0 Å². The Morgan fingerprint density at radius 3 is 2.77 bits per heavy atom. The summed E-state index contributed by atoms with van der Waals surface area (Å²) in [6, 6.07) is 9.91. The number of nitrogens with zero attached hydrogens (tertiary/aromatic N) is 2. The van der Waals surface area contributed by atoms with Gasteiger partial charge in [0.15, 0.2) is 0 Å². The molecule has 1 aromatic carbocycles. The quantitative estimate of drug-likeness (QED) is 0.567. The molecule has 0 radical (unpaired) electrons. The fourth-order valence-electron chi connectivity index (χ4n) is 2.71. The van der Waals surface area contributed by atoms with Crippen LogP contribution >= 0.6 is 0 Å². The van der Waals surface area contributed by atoms with Crippen LogP contribution in [0.15, 0.2) is 54.9 Å². The van der Waals surface area contributed by atoms with Crippen LogP contribution in [0.1, 0.15) is 58.8 Å². The lowest BCUT2D eigenvalue weighted by Crippen LogP contribution is -2.00. The normalized spacial score (nSPS) is 11.9. The van der Waals surface area contributed by atoms with Crippen molar-refractivity contribution in [1.29, 1.82) is 5.26 Å². The molecule has 4 nitrogen and oxygen atoms in total. The molecule has 0 aliphatic heterocycles. The summed E-state index contributed by atoms with van der Waals surface area (Å²) in [6.45, 7) is 8.00. The summed E-state index contributed by atoms with van der Waals surface area (Å²) in [5.41, 5.74) is 4.76. The van der Waals surface area contributed by atoms with Crippen molar-refractivity contribution in [2.45, 2.75) is 32.6 Å². The van der Waals surface area contributed by atoms with E-state index < -0.39 is 5.97 Å². The number of allylic oxidation sites excluding steroid dienone is 2. The molecule has 1 aromatic heterocycles. The number of nitriles is 1. The van der Waals surface area contributed by atoms with Crippen LogP contribution in [0.3, 0.4) is 0 Å². The highest BCUT2D eigenvalue weighted by atomic mass is 16.4. The maximum atomic E-state index is 11.1. The van der Waals surface area contributed by atoms with Gasteiger partial charge < -0.3 is 5.11 Å². The highest BCUT2D eigenvalue weighted by Gasteiger charge is 2.10. The molecule has 4 heteroatoms. The van der Waals surface area contributed by atoms with E-state index in [2.05, 4.69) is 43.6 Å². The van der Waals surface area contributed by atoms with Crippen molar-refractivity contribution < 1.29 is 9.90 Å². The number of hydrogen-bond acceptors (Lipinski definition) is 3. The molecule has 1 unspecified atom stereocenters. The van der Waals surface area contributed by atoms with Crippen molar-refractivity contribution in [3.05, 3.63) is 82.7 Å². The summed E-state index contributed by atoms with van der Waals surface area (Å²) in [6.07, 6.45) is 8.28. The molecule has 0 bridgehead atoms. The van der Waals surface area contributed by atoms with Gasteiger partial charge in [-0.25, -0.2) is 4.79 Å². The van der Waals surface area contributed by atoms with E-state index in [4.69, 9.17) is 10.4 Å². The molecular weight excluding hydrogens is 324 g/mol. The summed E-state index contributed by atoms with van der Waals surface area (Å²) in [4.78, 5) is 15.1. The first-order chi connectivity index (χ1) is 12.4. The molecule has 0 aliphatic carbocycles. The third kappa shape index (κ3) is 4.90. The molecule has 0 aliphatic rings. The zero-order valence-corrected chi connectivity index (χ0v) is 15.1. The van der Waals surface area contributed by atoms with Gasteiger partial charge in [-0.1, -0.05) is 44.7 Å². The number of aromatic carboxylic acids is 1. The molecule has 26 heavy (non-hydrogen) atoms. The fraction of sp³-hybridized carbons (Fsp3) is 0.227. The van der Waals surface area contributed by atoms with Crippen LogP contribution in [0.5, 0.6) is 0 Å². The van der Waals surface area contributed by atoms with Crippen LogP contribution in [-0.2, 0) is 6.42 Å². The first kappa shape index (κ1) is 19.1. The maximum Gasteiger partial charge on any atom is 0.337 e. The molecule has 2 aromatic rings. The van der Waals surface area contributed by atoms with E-state index in [1.807, 2.05) is 12.1 Å². The Kier molecular flexibility index (Phi) is 6.46. The van der Waals surface area contributed by atoms with Gasteiger partial charge in [-0.05, 0) is 53.2 Å². The molecule has 0 amide bonds. The third-order valence-electron chi connectivity index (χ3n) is 4.35. The molecule has 0 saturated carbocycles. The number of carboxylic acid groups (broad SMARTS) is 1. The second kappa shape index (κ2) is 8.77. The van der Waals surface area contributed by atoms with Crippen molar-refractivity contribution in [3.8, 4) is 6.07 Å². The van der Waals surface area contributed by atoms with E-state index in [0.29, 0.717) is 17.9 Å². The molecule has 1 heterocycles. The van der Waals surface area contributed by atoms with E-state index >= 15 is 0 Å². The summed E-state index contributed by atoms with van der Waals surface area (Å²) in [5, 5.41) is 18.0. The van der Waals surface area contributed by atoms with E-state index in [-0.39, 0.29) is 5.56 Å². The summed E-state index contributed by atoms with van der Waals surface area (Å²) >= 11 is 0. The first-order valence-electron chi connectivity index (χ1n) is 8.51. The number of carboxylic acids is 1. The van der Waals surface area contributed by atoms with Crippen molar-refractivity contribution in [3.63, 3.8) is 0 Å². The Morgan fingerprint density at radius 2 is 2.12 bits per heavy atom. The van der Waals surface area contributed by atoms with Crippen LogP contribution in [0.25, 0.3) is 6.08 Å². The van der Waals surface area contributed by atoms with Gasteiger partial charge in [0.1, 0.15) is 0 Å². The highest BCUT2D eigenvalue weighted by molar-refractivity contribution is 5.87. The third-order valence-corrected chi connectivity index (χ3v) is 4.35. The van der Waals surface area contributed by atoms with Crippen molar-refractivity contribution in [1.82, 2.24) is 4.98 Å². The number of carbonyl (C=O) groups is 1. The SMILES string of the molecule is C=C(C#N)C=Cc1cc(Cc2cncc(C(=O)O)c2)ccc1C(C)CC. The summed E-state index contributed by atoms with van der Waals surface area (Å²) in [5.74, 6) is -0.582. The minimum absolute atomic E-state index is 0.184. The average molecular weight is 346 g/mol. The lowest BCUT2D eigenvalue weighted by Gasteiger charge is -2.14. The van der Waals surface area contributed by atoms with Crippen LogP contribution in [0, 0.1) is 11.3 Å². The smallest absolute Gasteiger partial charge is 0.337 e. The topological polar surface area (TPSA) is 74.0 Å². The minimum atomic E-state index is -0.981. The first-order valence-corrected chi connectivity index (χ1v) is 8.51. The van der Waals surface area contributed by atoms with Gasteiger partial charge in [0.25, 0.3) is 0 Å². The molecule has 132 valence electrons. The number of pyridine rings is 1. The number of hydrogen-bond donors (Lipinski definition) is 1. The molecular formula is C22H22N2O2. The molecule has 0 saturated heterocycles. The van der Waals surface area contributed by atoms with Gasteiger partial charge in [-0.2, -0.15) is 5.26 Å². The Balaban J connectivity index is 2.37. The maximum absolute atomic E-state index is 11.1. The van der Waals surface area contributed by atoms with Gasteiger partial charge >= 0.3 is 5.97 Å². The monoisotopic (exact) mass is 346 g/mol. The highest BCUT2D eigenvalue weighted by Crippen LogP contribution is 2.26. The molecule has 1 N–H and O–H groups in total. The Bertz CT molecular complexity index is 891. The van der Waals surface area contributed by atoms with Crippen LogP contribution in [-0.4, -0.2) is 16.1 Å². The zero-order valence-electron chi connectivity index (χ0n) is 15.1. The lowest BCUT2D eigenvalue weighted by molar-refractivity contribution is 0.0696. The average Bonchev–Trinajstić information content (AvgIpc) is 2.65. The Labute approximate surface area is 154 Å². The number of aromatic nitrogens is 1. The number of rotatable bonds is 7. The Morgan fingerprint density at radius 1 is 1.35 bits per heavy atom. The predicted molar refractivity (Wildman–Crippen MR) is 103 cm³/mol. The largest absolute Gasteiger partial charge is 0.478 e. The molecule has 0 fully saturated rings. The number of benzene rings is 1. The lowest BCUT2D eigenvalue weighted by atomic mass is 9.90. The van der Waals surface area contributed by atoms with Crippen molar-refractivity contribution in [2.24, 2.45) is 0 Å². The molecule has 1 atom stereocenters.